The molecule has 0 spiro atoms. The summed E-state index contributed by atoms with van der Waals surface area (Å²) in [7, 11) is 1.48. The summed E-state index contributed by atoms with van der Waals surface area (Å²) < 4.78 is 17.1. The minimum atomic E-state index is -0.547. The number of nitrogens with zero attached hydrogens (tertiary/aromatic N) is 1. The van der Waals surface area contributed by atoms with Gasteiger partial charge in [-0.25, -0.2) is 14.6 Å². The van der Waals surface area contributed by atoms with Crippen LogP contribution in [-0.2, 0) is 9.53 Å². The van der Waals surface area contributed by atoms with Crippen LogP contribution < -0.4 is 9.47 Å². The normalized spacial score (nSPS) is 14.2. The topological polar surface area (TPSA) is 74.2 Å². The SMILES string of the molecule is COc1cc(C=C2N=C(c3cccc(Br)c3)OC2=O)ccc1OC(=O)c1ccccc1C. The highest BCUT2D eigenvalue weighted by Gasteiger charge is 2.24. The monoisotopic (exact) mass is 491 g/mol. The number of aliphatic imine (C=N–C) groups is 1. The second-order valence-corrected chi connectivity index (χ2v) is 7.88. The molecule has 0 aliphatic carbocycles. The van der Waals surface area contributed by atoms with Crippen molar-refractivity contribution in [2.45, 2.75) is 6.92 Å². The highest BCUT2D eigenvalue weighted by atomic mass is 79.9. The summed E-state index contributed by atoms with van der Waals surface area (Å²) in [5.41, 5.74) is 2.78. The second-order valence-electron chi connectivity index (χ2n) is 6.96. The molecule has 3 aromatic rings. The number of carbonyl (C=O) groups is 2. The Morgan fingerprint density at radius 3 is 2.59 bits per heavy atom. The van der Waals surface area contributed by atoms with Gasteiger partial charge >= 0.3 is 11.9 Å². The molecule has 0 aromatic heterocycles. The van der Waals surface area contributed by atoms with Crippen LogP contribution in [0.3, 0.4) is 0 Å². The van der Waals surface area contributed by atoms with Crippen LogP contribution in [0, 0.1) is 6.92 Å². The lowest BCUT2D eigenvalue weighted by Crippen LogP contribution is -2.10. The highest BCUT2D eigenvalue weighted by molar-refractivity contribution is 9.10. The number of halogens is 1. The lowest BCUT2D eigenvalue weighted by Gasteiger charge is -2.11. The van der Waals surface area contributed by atoms with E-state index in [4.69, 9.17) is 14.2 Å². The molecule has 0 amide bonds. The maximum absolute atomic E-state index is 12.5. The zero-order valence-corrected chi connectivity index (χ0v) is 18.9. The number of benzene rings is 3. The fourth-order valence-electron chi connectivity index (χ4n) is 3.13. The summed E-state index contributed by atoms with van der Waals surface area (Å²) in [6, 6.07) is 19.5. The van der Waals surface area contributed by atoms with Gasteiger partial charge in [0, 0.05) is 10.0 Å². The molecule has 0 bridgehead atoms. The standard InChI is InChI=1S/C25H18BrNO5/c1-15-6-3-4-9-19(15)24(28)31-21-11-10-16(13-22(21)30-2)12-20-25(29)32-23(27-20)17-7-5-8-18(26)14-17/h3-14H,1-2H3. The molecule has 0 N–H and O–H groups in total. The van der Waals surface area contributed by atoms with E-state index < -0.39 is 11.9 Å². The smallest absolute Gasteiger partial charge is 0.363 e. The fraction of sp³-hybridized carbons (Fsp3) is 0.0800. The molecule has 1 aliphatic heterocycles. The van der Waals surface area contributed by atoms with Crippen LogP contribution in [0.2, 0.25) is 0 Å². The lowest BCUT2D eigenvalue weighted by atomic mass is 10.1. The Bertz CT molecular complexity index is 1280. The first-order valence-corrected chi connectivity index (χ1v) is 10.5. The van der Waals surface area contributed by atoms with Gasteiger partial charge in [-0.15, -0.1) is 0 Å². The molecule has 0 radical (unpaired) electrons. The molecule has 4 rings (SSSR count). The van der Waals surface area contributed by atoms with E-state index in [-0.39, 0.29) is 17.3 Å². The van der Waals surface area contributed by atoms with E-state index >= 15 is 0 Å². The van der Waals surface area contributed by atoms with E-state index in [1.54, 1.807) is 42.5 Å². The van der Waals surface area contributed by atoms with Gasteiger partial charge in [0.25, 0.3) is 0 Å². The summed E-state index contributed by atoms with van der Waals surface area (Å²) in [5.74, 6) is -0.165. The summed E-state index contributed by atoms with van der Waals surface area (Å²) in [5, 5.41) is 0. The number of aryl methyl sites for hydroxylation is 1. The highest BCUT2D eigenvalue weighted by Crippen LogP contribution is 2.31. The van der Waals surface area contributed by atoms with Gasteiger partial charge in [0.1, 0.15) is 0 Å². The fourth-order valence-corrected chi connectivity index (χ4v) is 3.53. The molecular weight excluding hydrogens is 474 g/mol. The average molecular weight is 492 g/mol. The number of rotatable bonds is 5. The Kier molecular flexibility index (Phi) is 6.18. The molecular formula is C25H18BrNO5. The zero-order chi connectivity index (χ0) is 22.7. The number of ether oxygens (including phenoxy) is 3. The predicted octanol–water partition coefficient (Wildman–Crippen LogP) is 5.33. The third-order valence-electron chi connectivity index (χ3n) is 4.75. The summed E-state index contributed by atoms with van der Waals surface area (Å²) in [4.78, 5) is 29.1. The molecule has 1 aliphatic rings. The number of hydrogen-bond acceptors (Lipinski definition) is 6. The van der Waals surface area contributed by atoms with Crippen molar-refractivity contribution in [3.05, 3.63) is 99.2 Å². The molecule has 0 fully saturated rings. The van der Waals surface area contributed by atoms with Gasteiger partial charge in [0.15, 0.2) is 17.2 Å². The maximum Gasteiger partial charge on any atom is 0.363 e. The van der Waals surface area contributed by atoms with Crippen LogP contribution in [0.25, 0.3) is 6.08 Å². The Morgan fingerprint density at radius 1 is 1.03 bits per heavy atom. The van der Waals surface area contributed by atoms with E-state index in [0.717, 1.165) is 10.0 Å². The average Bonchev–Trinajstić information content (AvgIpc) is 3.15. The van der Waals surface area contributed by atoms with E-state index in [2.05, 4.69) is 20.9 Å². The molecule has 32 heavy (non-hydrogen) atoms. The van der Waals surface area contributed by atoms with Crippen molar-refractivity contribution >= 4 is 39.8 Å². The molecule has 0 saturated heterocycles. The molecule has 0 unspecified atom stereocenters. The zero-order valence-electron chi connectivity index (χ0n) is 17.3. The number of esters is 2. The molecule has 0 saturated carbocycles. The van der Waals surface area contributed by atoms with Crippen LogP contribution in [0.4, 0.5) is 0 Å². The summed E-state index contributed by atoms with van der Waals surface area (Å²) in [6.07, 6.45) is 1.59. The van der Waals surface area contributed by atoms with E-state index in [0.29, 0.717) is 22.4 Å². The Morgan fingerprint density at radius 2 is 1.84 bits per heavy atom. The van der Waals surface area contributed by atoms with Crippen molar-refractivity contribution in [2.24, 2.45) is 4.99 Å². The first-order valence-electron chi connectivity index (χ1n) is 9.69. The first kappa shape index (κ1) is 21.5. The number of methoxy groups -OCH3 is 1. The summed E-state index contributed by atoms with van der Waals surface area (Å²) >= 11 is 3.39. The number of cyclic esters (lactones) is 1. The number of hydrogen-bond donors (Lipinski definition) is 0. The van der Waals surface area contributed by atoms with Crippen molar-refractivity contribution in [3.8, 4) is 11.5 Å². The van der Waals surface area contributed by atoms with Gasteiger partial charge in [-0.1, -0.05) is 46.3 Å². The van der Waals surface area contributed by atoms with Crippen LogP contribution in [0.15, 0.2) is 81.9 Å². The largest absolute Gasteiger partial charge is 0.493 e. The van der Waals surface area contributed by atoms with E-state index in [9.17, 15) is 9.59 Å². The maximum atomic E-state index is 12.5. The lowest BCUT2D eigenvalue weighted by molar-refractivity contribution is -0.129. The first-order chi connectivity index (χ1) is 15.4. The third kappa shape index (κ3) is 4.63. The van der Waals surface area contributed by atoms with Gasteiger partial charge < -0.3 is 14.2 Å². The quantitative estimate of drug-likeness (QED) is 0.274. The van der Waals surface area contributed by atoms with Gasteiger partial charge in [0.2, 0.25) is 5.90 Å². The van der Waals surface area contributed by atoms with Gasteiger partial charge in [-0.05, 0) is 60.5 Å². The Balaban J connectivity index is 1.59. The van der Waals surface area contributed by atoms with Crippen molar-refractivity contribution in [2.75, 3.05) is 7.11 Å². The predicted molar refractivity (Wildman–Crippen MR) is 124 cm³/mol. The van der Waals surface area contributed by atoms with Crippen LogP contribution in [0.5, 0.6) is 11.5 Å². The van der Waals surface area contributed by atoms with E-state index in [1.165, 1.54) is 7.11 Å². The van der Waals surface area contributed by atoms with Gasteiger partial charge in [-0.2, -0.15) is 0 Å². The molecule has 3 aromatic carbocycles. The van der Waals surface area contributed by atoms with Crippen molar-refractivity contribution in [1.82, 2.24) is 0 Å². The molecule has 7 heteroatoms. The van der Waals surface area contributed by atoms with Crippen LogP contribution in [-0.4, -0.2) is 24.9 Å². The minimum absolute atomic E-state index is 0.159. The van der Waals surface area contributed by atoms with Crippen LogP contribution >= 0.6 is 15.9 Å². The van der Waals surface area contributed by atoms with E-state index in [1.807, 2.05) is 37.3 Å². The van der Waals surface area contributed by atoms with Crippen LogP contribution in [0.1, 0.15) is 27.0 Å². The number of carbonyl (C=O) groups excluding carboxylic acids is 2. The minimum Gasteiger partial charge on any atom is -0.493 e. The van der Waals surface area contributed by atoms with Gasteiger partial charge in [0.05, 0.1) is 12.7 Å². The summed E-state index contributed by atoms with van der Waals surface area (Å²) in [6.45, 7) is 1.84. The Labute approximate surface area is 193 Å². The van der Waals surface area contributed by atoms with Gasteiger partial charge in [-0.3, -0.25) is 0 Å². The second kappa shape index (κ2) is 9.20. The molecule has 1 heterocycles. The molecule has 6 nitrogen and oxygen atoms in total. The van der Waals surface area contributed by atoms with Crippen molar-refractivity contribution < 1.29 is 23.8 Å². The van der Waals surface area contributed by atoms with Crippen molar-refractivity contribution in [1.29, 1.82) is 0 Å². The molecule has 160 valence electrons. The third-order valence-corrected chi connectivity index (χ3v) is 5.24. The van der Waals surface area contributed by atoms with Crippen molar-refractivity contribution in [3.63, 3.8) is 0 Å². The molecule has 0 atom stereocenters. The Hall–Kier alpha value is -3.71.